The van der Waals surface area contributed by atoms with Crippen molar-refractivity contribution < 1.29 is 19.8 Å². The van der Waals surface area contributed by atoms with Crippen molar-refractivity contribution in [3.05, 3.63) is 0 Å². The fourth-order valence-corrected chi connectivity index (χ4v) is 0.991. The number of nitrogens with one attached hydrogen (secondary N) is 2. The zero-order valence-electron chi connectivity index (χ0n) is 9.23. The van der Waals surface area contributed by atoms with E-state index in [4.69, 9.17) is 16.6 Å². The summed E-state index contributed by atoms with van der Waals surface area (Å²) in [5, 5.41) is 22.3. The molecule has 0 fully saturated rings. The molecule has 4 N–H and O–H groups in total. The van der Waals surface area contributed by atoms with Crippen LogP contribution in [-0.2, 0) is 4.79 Å². The number of aliphatic hydroxyl groups excluding tert-OH is 1. The van der Waals surface area contributed by atoms with E-state index in [2.05, 4.69) is 16.6 Å². The zero-order valence-corrected chi connectivity index (χ0v) is 9.23. The van der Waals surface area contributed by atoms with E-state index >= 15 is 0 Å². The molecule has 6 heteroatoms. The lowest BCUT2D eigenvalue weighted by Gasteiger charge is -2.18. The van der Waals surface area contributed by atoms with Crippen molar-refractivity contribution in [2.24, 2.45) is 0 Å². The second-order valence-corrected chi connectivity index (χ2v) is 3.30. The highest BCUT2D eigenvalue weighted by Crippen LogP contribution is 1.94. The number of aliphatic hydroxyl groups is 1. The molecule has 0 aromatic carbocycles. The van der Waals surface area contributed by atoms with Crippen LogP contribution in [0.3, 0.4) is 0 Å². The minimum absolute atomic E-state index is 0.455. The lowest BCUT2D eigenvalue weighted by molar-refractivity contribution is -0.141. The molecule has 90 valence electrons. The van der Waals surface area contributed by atoms with E-state index in [9.17, 15) is 9.59 Å². The molecule has 0 radical (unpaired) electrons. The summed E-state index contributed by atoms with van der Waals surface area (Å²) in [7, 11) is 0. The maximum atomic E-state index is 11.3. The van der Waals surface area contributed by atoms with Gasteiger partial charge >= 0.3 is 12.0 Å². The Hall–Kier alpha value is -1.74. The van der Waals surface area contributed by atoms with Crippen molar-refractivity contribution in [2.45, 2.75) is 38.5 Å². The van der Waals surface area contributed by atoms with Gasteiger partial charge in [0.2, 0.25) is 0 Å². The standard InChI is InChI=1S/C10H16N2O4/c1-4-7(5-2)11-10(16)12-8(6(3)13)9(14)15/h1,6-8,13H,5H2,2-3H3,(H,14,15)(H2,11,12,16)/t6-,7?,8+/m1/s1. The maximum absolute atomic E-state index is 11.3. The molecule has 0 aliphatic rings. The molecule has 0 spiro atoms. The Morgan fingerprint density at radius 3 is 2.31 bits per heavy atom. The van der Waals surface area contributed by atoms with Gasteiger partial charge in [-0.2, -0.15) is 0 Å². The molecule has 6 nitrogen and oxygen atoms in total. The maximum Gasteiger partial charge on any atom is 0.328 e. The summed E-state index contributed by atoms with van der Waals surface area (Å²) >= 11 is 0. The molecule has 0 saturated heterocycles. The van der Waals surface area contributed by atoms with Gasteiger partial charge in [-0.1, -0.05) is 12.8 Å². The van der Waals surface area contributed by atoms with Crippen LogP contribution in [0.15, 0.2) is 0 Å². The molecule has 0 bridgehead atoms. The summed E-state index contributed by atoms with van der Waals surface area (Å²) in [6, 6.07) is -2.52. The highest BCUT2D eigenvalue weighted by atomic mass is 16.4. The number of carboxylic acid groups (broad SMARTS) is 1. The van der Waals surface area contributed by atoms with Crippen LogP contribution in [0.1, 0.15) is 20.3 Å². The summed E-state index contributed by atoms with van der Waals surface area (Å²) in [5.41, 5.74) is 0. The van der Waals surface area contributed by atoms with Gasteiger partial charge in [-0.05, 0) is 13.3 Å². The molecule has 0 aromatic rings. The van der Waals surface area contributed by atoms with Gasteiger partial charge in [0, 0.05) is 0 Å². The van der Waals surface area contributed by atoms with Crippen LogP contribution < -0.4 is 10.6 Å². The number of carbonyl (C=O) groups excluding carboxylic acids is 1. The van der Waals surface area contributed by atoms with E-state index in [1.807, 2.05) is 0 Å². The highest BCUT2D eigenvalue weighted by Gasteiger charge is 2.25. The average Bonchev–Trinajstić information content (AvgIpc) is 2.21. The van der Waals surface area contributed by atoms with Crippen molar-refractivity contribution in [3.8, 4) is 12.3 Å². The predicted octanol–water partition coefficient (Wildman–Crippen LogP) is -0.469. The number of aliphatic carboxylic acids is 1. The molecule has 0 aliphatic carbocycles. The molecule has 16 heavy (non-hydrogen) atoms. The van der Waals surface area contributed by atoms with Gasteiger partial charge in [-0.15, -0.1) is 6.42 Å². The summed E-state index contributed by atoms with van der Waals surface area (Å²) in [6.45, 7) is 3.06. The Kier molecular flexibility index (Phi) is 5.96. The third-order valence-electron chi connectivity index (χ3n) is 1.95. The molecule has 0 aliphatic heterocycles. The third kappa shape index (κ3) is 4.66. The first-order valence-electron chi connectivity index (χ1n) is 4.86. The Balaban J connectivity index is 4.32. The Labute approximate surface area is 94.0 Å². The van der Waals surface area contributed by atoms with E-state index in [0.29, 0.717) is 6.42 Å². The van der Waals surface area contributed by atoms with Crippen LogP contribution >= 0.6 is 0 Å². The Morgan fingerprint density at radius 2 is 2.00 bits per heavy atom. The van der Waals surface area contributed by atoms with Gasteiger partial charge in [0.05, 0.1) is 12.1 Å². The number of urea groups is 1. The molecule has 3 atom stereocenters. The molecular weight excluding hydrogens is 212 g/mol. The number of carbonyl (C=O) groups is 2. The molecule has 0 heterocycles. The fourth-order valence-electron chi connectivity index (χ4n) is 0.991. The van der Waals surface area contributed by atoms with Crippen molar-refractivity contribution in [1.29, 1.82) is 0 Å². The van der Waals surface area contributed by atoms with Gasteiger partial charge in [-0.3, -0.25) is 0 Å². The summed E-state index contributed by atoms with van der Waals surface area (Å²) in [5.74, 6) is 1.03. The number of hydrogen-bond donors (Lipinski definition) is 4. The van der Waals surface area contributed by atoms with Gasteiger partial charge in [0.15, 0.2) is 6.04 Å². The molecule has 1 unspecified atom stereocenters. The van der Waals surface area contributed by atoms with E-state index in [1.54, 1.807) is 6.92 Å². The second kappa shape index (κ2) is 6.69. The smallest absolute Gasteiger partial charge is 0.328 e. The Bertz CT molecular complexity index is 296. The normalized spacial score (nSPS) is 15.4. The molecule has 0 saturated carbocycles. The van der Waals surface area contributed by atoms with Crippen molar-refractivity contribution in [1.82, 2.24) is 10.6 Å². The van der Waals surface area contributed by atoms with Crippen molar-refractivity contribution in [3.63, 3.8) is 0 Å². The van der Waals surface area contributed by atoms with E-state index in [-0.39, 0.29) is 0 Å². The quantitative estimate of drug-likeness (QED) is 0.478. The molecule has 0 rings (SSSR count). The predicted molar refractivity (Wildman–Crippen MR) is 57.7 cm³/mol. The number of rotatable bonds is 5. The fraction of sp³-hybridized carbons (Fsp3) is 0.600. The monoisotopic (exact) mass is 228 g/mol. The lowest BCUT2D eigenvalue weighted by Crippen LogP contribution is -2.52. The topological polar surface area (TPSA) is 98.7 Å². The number of amides is 2. The summed E-state index contributed by atoms with van der Waals surface area (Å²) in [4.78, 5) is 22.0. The Morgan fingerprint density at radius 1 is 1.44 bits per heavy atom. The first kappa shape index (κ1) is 14.3. The van der Waals surface area contributed by atoms with Gasteiger partial charge in [0.1, 0.15) is 0 Å². The molecule has 0 aromatic heterocycles. The average molecular weight is 228 g/mol. The number of hydrogen-bond acceptors (Lipinski definition) is 3. The minimum atomic E-state index is -1.35. The molecular formula is C10H16N2O4. The molecule has 2 amide bonds. The van der Waals surface area contributed by atoms with Crippen molar-refractivity contribution >= 4 is 12.0 Å². The van der Waals surface area contributed by atoms with Gasteiger partial charge in [-0.25, -0.2) is 9.59 Å². The van der Waals surface area contributed by atoms with Crippen LogP contribution in [0.4, 0.5) is 4.79 Å². The van der Waals surface area contributed by atoms with Gasteiger partial charge in [0.25, 0.3) is 0 Å². The van der Waals surface area contributed by atoms with Crippen LogP contribution in [0.25, 0.3) is 0 Å². The summed E-state index contributed by atoms with van der Waals surface area (Å²) in [6.07, 6.45) is 4.48. The zero-order chi connectivity index (χ0) is 12.7. The van der Waals surface area contributed by atoms with Crippen LogP contribution in [-0.4, -0.2) is 40.4 Å². The van der Waals surface area contributed by atoms with E-state index < -0.39 is 30.2 Å². The van der Waals surface area contributed by atoms with Crippen LogP contribution in [0.2, 0.25) is 0 Å². The van der Waals surface area contributed by atoms with Crippen LogP contribution in [0.5, 0.6) is 0 Å². The number of carboxylic acids is 1. The second-order valence-electron chi connectivity index (χ2n) is 3.30. The third-order valence-corrected chi connectivity index (χ3v) is 1.95. The minimum Gasteiger partial charge on any atom is -0.480 e. The largest absolute Gasteiger partial charge is 0.480 e. The SMILES string of the molecule is C#CC(CC)NC(=O)N[C@H](C(=O)O)[C@@H](C)O. The highest BCUT2D eigenvalue weighted by molar-refractivity contribution is 5.83. The van der Waals surface area contributed by atoms with Crippen molar-refractivity contribution in [2.75, 3.05) is 0 Å². The van der Waals surface area contributed by atoms with Gasteiger partial charge < -0.3 is 20.8 Å². The number of terminal acetylenes is 1. The van der Waals surface area contributed by atoms with E-state index in [1.165, 1.54) is 6.92 Å². The summed E-state index contributed by atoms with van der Waals surface area (Å²) < 4.78 is 0. The first-order chi connectivity index (χ1) is 7.42. The lowest BCUT2D eigenvalue weighted by atomic mass is 10.2. The van der Waals surface area contributed by atoms with Crippen LogP contribution in [0, 0.1) is 12.3 Å². The first-order valence-corrected chi connectivity index (χ1v) is 4.86. The van der Waals surface area contributed by atoms with E-state index in [0.717, 1.165) is 0 Å².